The zero-order valence-electron chi connectivity index (χ0n) is 17.2. The van der Waals surface area contributed by atoms with Crippen LogP contribution in [-0.2, 0) is 20.9 Å². The number of hydrogen-bond acceptors (Lipinski definition) is 8. The molecule has 2 aliphatic rings. The number of allylic oxidation sites excluding steroid dienone is 1. The lowest BCUT2D eigenvalue weighted by Gasteiger charge is -2.35. The lowest BCUT2D eigenvalue weighted by atomic mass is 9.96. The first-order chi connectivity index (χ1) is 15.1. The normalized spacial score (nSPS) is 17.7. The van der Waals surface area contributed by atoms with Gasteiger partial charge in [-0.3, -0.25) is 9.78 Å². The third-order valence-electron chi connectivity index (χ3n) is 4.91. The summed E-state index contributed by atoms with van der Waals surface area (Å²) in [6.07, 6.45) is 3.61. The van der Waals surface area contributed by atoms with Crippen LogP contribution in [0.25, 0.3) is 0 Å². The van der Waals surface area contributed by atoms with E-state index in [1.165, 1.54) is 11.8 Å². The minimum atomic E-state index is -0.378. The molecular formula is C22H22N4O3S2. The average molecular weight is 455 g/mol. The fraction of sp³-hybridized carbons (Fsp3) is 0.273. The molecule has 2 aromatic rings. The number of hydrogen-bond donors (Lipinski definition) is 1. The van der Waals surface area contributed by atoms with Crippen molar-refractivity contribution in [2.45, 2.75) is 32.9 Å². The number of amidine groups is 1. The van der Waals surface area contributed by atoms with Gasteiger partial charge in [-0.15, -0.1) is 0 Å². The number of esters is 1. The maximum Gasteiger partial charge on any atom is 0.338 e. The van der Waals surface area contributed by atoms with Gasteiger partial charge in [0.25, 0.3) is 0 Å². The Hall–Kier alpha value is -2.91. The van der Waals surface area contributed by atoms with E-state index in [4.69, 9.17) is 4.74 Å². The van der Waals surface area contributed by atoms with E-state index in [1.807, 2.05) is 46.2 Å². The molecule has 1 atom stereocenters. The highest BCUT2D eigenvalue weighted by Crippen LogP contribution is 2.45. The number of pyridine rings is 1. The molecule has 160 valence electrons. The van der Waals surface area contributed by atoms with Crippen molar-refractivity contribution in [1.82, 2.24) is 15.2 Å². The minimum Gasteiger partial charge on any atom is -0.463 e. The first kappa shape index (κ1) is 21.3. The SMILES string of the molecule is CCOC(=O)C1=C(C)N=C2SC=C(CC(=O)NCc3cccnc3)N2C1c1ccsc1. The molecule has 0 aromatic carbocycles. The smallest absolute Gasteiger partial charge is 0.338 e. The maximum absolute atomic E-state index is 12.8. The summed E-state index contributed by atoms with van der Waals surface area (Å²) < 4.78 is 5.33. The summed E-state index contributed by atoms with van der Waals surface area (Å²) in [7, 11) is 0. The van der Waals surface area contributed by atoms with Crippen molar-refractivity contribution >= 4 is 40.1 Å². The van der Waals surface area contributed by atoms with E-state index in [2.05, 4.69) is 15.3 Å². The Morgan fingerprint density at radius 1 is 1.32 bits per heavy atom. The quantitative estimate of drug-likeness (QED) is 0.637. The molecule has 0 spiro atoms. The van der Waals surface area contributed by atoms with E-state index in [9.17, 15) is 9.59 Å². The second-order valence-corrected chi connectivity index (χ2v) is 8.60. The monoisotopic (exact) mass is 454 g/mol. The fourth-order valence-electron chi connectivity index (χ4n) is 3.52. The summed E-state index contributed by atoms with van der Waals surface area (Å²) >= 11 is 3.03. The van der Waals surface area contributed by atoms with Crippen molar-refractivity contribution in [3.63, 3.8) is 0 Å². The molecule has 7 nitrogen and oxygen atoms in total. The summed E-state index contributed by atoms with van der Waals surface area (Å²) in [4.78, 5) is 36.2. The number of ether oxygens (including phenoxy) is 1. The molecule has 0 fully saturated rings. The first-order valence-corrected chi connectivity index (χ1v) is 11.7. The molecule has 1 amide bonds. The van der Waals surface area contributed by atoms with E-state index in [0.717, 1.165) is 22.0 Å². The summed E-state index contributed by atoms with van der Waals surface area (Å²) in [6, 6.07) is 5.38. The number of carbonyl (C=O) groups excluding carboxylic acids is 2. The van der Waals surface area contributed by atoms with Gasteiger partial charge < -0.3 is 15.0 Å². The Morgan fingerprint density at radius 2 is 2.19 bits per heavy atom. The van der Waals surface area contributed by atoms with Crippen LogP contribution in [0.1, 0.15) is 37.4 Å². The van der Waals surface area contributed by atoms with Gasteiger partial charge in [0, 0.05) is 24.6 Å². The molecule has 4 rings (SSSR count). The number of nitrogens with zero attached hydrogens (tertiary/aromatic N) is 3. The third-order valence-corrected chi connectivity index (χ3v) is 6.50. The Morgan fingerprint density at radius 3 is 2.90 bits per heavy atom. The van der Waals surface area contributed by atoms with Crippen LogP contribution in [0.5, 0.6) is 0 Å². The number of aliphatic imine (C=N–C) groups is 1. The predicted octanol–water partition coefficient (Wildman–Crippen LogP) is 3.99. The molecule has 0 bridgehead atoms. The molecule has 9 heteroatoms. The number of rotatable bonds is 7. The average Bonchev–Trinajstić information content (AvgIpc) is 3.43. The number of thioether (sulfide) groups is 1. The molecular weight excluding hydrogens is 432 g/mol. The van der Waals surface area contributed by atoms with Gasteiger partial charge in [-0.05, 0) is 53.3 Å². The Balaban J connectivity index is 1.56. The molecule has 0 aliphatic carbocycles. The van der Waals surface area contributed by atoms with Crippen molar-refractivity contribution in [3.8, 4) is 0 Å². The van der Waals surface area contributed by atoms with Gasteiger partial charge in [0.15, 0.2) is 5.17 Å². The van der Waals surface area contributed by atoms with Crippen LogP contribution in [0.2, 0.25) is 0 Å². The second-order valence-electron chi connectivity index (χ2n) is 6.98. The van der Waals surface area contributed by atoms with E-state index in [1.54, 1.807) is 30.7 Å². The van der Waals surface area contributed by atoms with Crippen molar-refractivity contribution in [2.75, 3.05) is 6.61 Å². The van der Waals surface area contributed by atoms with Crippen LogP contribution in [0.3, 0.4) is 0 Å². The molecule has 0 saturated heterocycles. The second kappa shape index (κ2) is 9.49. The third kappa shape index (κ3) is 4.57. The Kier molecular flexibility index (Phi) is 6.53. The van der Waals surface area contributed by atoms with Gasteiger partial charge >= 0.3 is 5.97 Å². The standard InChI is InChI=1S/C22H22N4O3S2/c1-3-29-21(28)19-14(2)25-22-26(20(19)16-6-8-30-12-16)17(13-31-22)9-18(27)24-11-15-5-4-7-23-10-15/h4-8,10,12-13,20H,3,9,11H2,1-2H3,(H,24,27). The Bertz CT molecular complexity index is 1060. The van der Waals surface area contributed by atoms with Gasteiger partial charge in [-0.2, -0.15) is 11.3 Å². The van der Waals surface area contributed by atoms with Crippen LogP contribution < -0.4 is 5.32 Å². The van der Waals surface area contributed by atoms with Crippen LogP contribution >= 0.6 is 23.1 Å². The molecule has 2 aliphatic heterocycles. The van der Waals surface area contributed by atoms with Gasteiger partial charge in [0.1, 0.15) is 0 Å². The summed E-state index contributed by atoms with van der Waals surface area (Å²) in [6.45, 7) is 4.31. The largest absolute Gasteiger partial charge is 0.463 e. The van der Waals surface area contributed by atoms with Crippen molar-refractivity contribution in [1.29, 1.82) is 0 Å². The van der Waals surface area contributed by atoms with E-state index >= 15 is 0 Å². The predicted molar refractivity (Wildman–Crippen MR) is 122 cm³/mol. The summed E-state index contributed by atoms with van der Waals surface area (Å²) in [5, 5.41) is 9.63. The number of amides is 1. The van der Waals surface area contributed by atoms with E-state index in [-0.39, 0.29) is 30.9 Å². The van der Waals surface area contributed by atoms with Crippen LogP contribution in [-0.4, -0.2) is 33.5 Å². The van der Waals surface area contributed by atoms with Gasteiger partial charge in [0.05, 0.1) is 30.3 Å². The van der Waals surface area contributed by atoms with Crippen LogP contribution in [0.4, 0.5) is 0 Å². The molecule has 1 N–H and O–H groups in total. The number of aromatic nitrogens is 1. The van der Waals surface area contributed by atoms with Crippen molar-refractivity contribution in [2.24, 2.45) is 4.99 Å². The lowest BCUT2D eigenvalue weighted by molar-refractivity contribution is -0.139. The lowest BCUT2D eigenvalue weighted by Crippen LogP contribution is -2.37. The molecule has 31 heavy (non-hydrogen) atoms. The van der Waals surface area contributed by atoms with Gasteiger partial charge in [-0.25, -0.2) is 9.79 Å². The Labute approximate surface area is 188 Å². The molecule has 0 radical (unpaired) electrons. The zero-order chi connectivity index (χ0) is 21.8. The highest BCUT2D eigenvalue weighted by atomic mass is 32.2. The zero-order valence-corrected chi connectivity index (χ0v) is 18.8. The minimum absolute atomic E-state index is 0.106. The van der Waals surface area contributed by atoms with Crippen molar-refractivity contribution in [3.05, 3.63) is 74.9 Å². The number of fused-ring (bicyclic) bond motifs is 1. The van der Waals surface area contributed by atoms with E-state index < -0.39 is 0 Å². The first-order valence-electron chi connectivity index (χ1n) is 9.87. The number of nitrogens with one attached hydrogen (secondary N) is 1. The molecule has 4 heterocycles. The molecule has 0 saturated carbocycles. The summed E-state index contributed by atoms with van der Waals surface area (Å²) in [5.41, 5.74) is 3.87. The van der Waals surface area contributed by atoms with Crippen LogP contribution in [0, 0.1) is 0 Å². The van der Waals surface area contributed by atoms with Gasteiger partial charge in [0.2, 0.25) is 5.91 Å². The number of thiophene rings is 1. The highest BCUT2D eigenvalue weighted by molar-refractivity contribution is 8.16. The summed E-state index contributed by atoms with van der Waals surface area (Å²) in [5.74, 6) is -0.485. The van der Waals surface area contributed by atoms with Gasteiger partial charge in [-0.1, -0.05) is 17.8 Å². The maximum atomic E-state index is 12.8. The highest BCUT2D eigenvalue weighted by Gasteiger charge is 2.41. The molecule has 1 unspecified atom stereocenters. The van der Waals surface area contributed by atoms with Crippen molar-refractivity contribution < 1.29 is 14.3 Å². The fourth-order valence-corrected chi connectivity index (χ4v) is 5.16. The van der Waals surface area contributed by atoms with E-state index in [0.29, 0.717) is 17.8 Å². The van der Waals surface area contributed by atoms with Crippen LogP contribution in [0.15, 0.2) is 68.7 Å². The number of carbonyl (C=O) groups is 2. The molecule has 2 aromatic heterocycles. The topological polar surface area (TPSA) is 83.9 Å².